The second-order valence-electron chi connectivity index (χ2n) is 2.86. The number of halogens is 1. The molecule has 2 aromatic rings. The molecular formula is C12H16ClN. The molecule has 0 aliphatic carbocycles. The summed E-state index contributed by atoms with van der Waals surface area (Å²) in [5, 5.41) is 2.09. The van der Waals surface area contributed by atoms with Crippen LogP contribution in [0.2, 0.25) is 5.02 Å². The van der Waals surface area contributed by atoms with Crippen LogP contribution in [0, 0.1) is 0 Å². The second-order valence-corrected chi connectivity index (χ2v) is 3.27. The highest BCUT2D eigenvalue weighted by molar-refractivity contribution is 6.32. The molecule has 0 fully saturated rings. The topological polar surface area (TPSA) is 15.8 Å². The third-order valence-electron chi connectivity index (χ3n) is 2.10. The van der Waals surface area contributed by atoms with Gasteiger partial charge in [-0.3, -0.25) is 0 Å². The van der Waals surface area contributed by atoms with Gasteiger partial charge in [-0.05, 0) is 35.6 Å². The monoisotopic (exact) mass is 209 g/mol. The Morgan fingerprint density at radius 1 is 1.29 bits per heavy atom. The molecular weight excluding hydrogens is 194 g/mol. The summed E-state index contributed by atoms with van der Waals surface area (Å²) < 4.78 is 0. The van der Waals surface area contributed by atoms with Gasteiger partial charge in [-0.1, -0.05) is 32.4 Å². The molecule has 0 aliphatic heterocycles. The lowest BCUT2D eigenvalue weighted by atomic mass is 10.1. The fraction of sp³-hybridized carbons (Fsp3) is 0.333. The van der Waals surface area contributed by atoms with Crippen molar-refractivity contribution in [3.05, 3.63) is 35.0 Å². The van der Waals surface area contributed by atoms with E-state index in [2.05, 4.69) is 24.0 Å². The third kappa shape index (κ3) is 2.10. The Bertz CT molecular complexity index is 404. The zero-order valence-electron chi connectivity index (χ0n) is 8.89. The fourth-order valence-corrected chi connectivity index (χ4v) is 1.69. The van der Waals surface area contributed by atoms with Crippen molar-refractivity contribution in [1.29, 1.82) is 0 Å². The van der Waals surface area contributed by atoms with Crippen LogP contribution in [0.1, 0.15) is 26.3 Å². The van der Waals surface area contributed by atoms with E-state index in [9.17, 15) is 0 Å². The van der Waals surface area contributed by atoms with Gasteiger partial charge in [0.15, 0.2) is 0 Å². The third-order valence-corrected chi connectivity index (χ3v) is 2.45. The Morgan fingerprint density at radius 3 is 2.64 bits per heavy atom. The van der Waals surface area contributed by atoms with Crippen LogP contribution in [0.15, 0.2) is 24.4 Å². The minimum Gasteiger partial charge on any atom is -0.361 e. The first-order valence-electron chi connectivity index (χ1n) is 5.07. The molecule has 1 N–H and O–H groups in total. The smallest absolute Gasteiger partial charge is 0.0469 e. The zero-order chi connectivity index (χ0) is 10.6. The first kappa shape index (κ1) is 11.1. The highest BCUT2D eigenvalue weighted by atomic mass is 35.5. The molecule has 14 heavy (non-hydrogen) atoms. The number of aryl methyl sites for hydroxylation is 1. The molecule has 76 valence electrons. The first-order valence-corrected chi connectivity index (χ1v) is 5.44. The summed E-state index contributed by atoms with van der Waals surface area (Å²) in [4.78, 5) is 3.13. The van der Waals surface area contributed by atoms with E-state index in [1.807, 2.05) is 26.1 Å². The summed E-state index contributed by atoms with van der Waals surface area (Å²) in [5.41, 5.74) is 2.32. The lowest BCUT2D eigenvalue weighted by Crippen LogP contribution is -1.81. The van der Waals surface area contributed by atoms with Gasteiger partial charge in [-0.25, -0.2) is 0 Å². The number of fused-ring (bicyclic) bond motifs is 1. The predicted molar refractivity (Wildman–Crippen MR) is 64.0 cm³/mol. The molecule has 1 heterocycles. The van der Waals surface area contributed by atoms with Gasteiger partial charge in [0.1, 0.15) is 0 Å². The first-order chi connectivity index (χ1) is 6.81. The molecule has 0 bridgehead atoms. The van der Waals surface area contributed by atoms with E-state index >= 15 is 0 Å². The number of H-pyrrole nitrogens is 1. The summed E-state index contributed by atoms with van der Waals surface area (Å²) in [6.07, 6.45) is 2.92. The van der Waals surface area contributed by atoms with Crippen LogP contribution >= 0.6 is 11.6 Å². The molecule has 1 nitrogen and oxygen atoms in total. The lowest BCUT2D eigenvalue weighted by molar-refractivity contribution is 1.15. The molecule has 0 aliphatic rings. The van der Waals surface area contributed by atoms with E-state index in [0.29, 0.717) is 0 Å². The number of benzene rings is 1. The van der Waals surface area contributed by atoms with Gasteiger partial charge >= 0.3 is 0 Å². The fourth-order valence-electron chi connectivity index (χ4n) is 1.39. The number of rotatable bonds is 1. The molecule has 1 aromatic carbocycles. The van der Waals surface area contributed by atoms with E-state index < -0.39 is 0 Å². The van der Waals surface area contributed by atoms with E-state index in [1.54, 1.807) is 0 Å². The molecule has 2 rings (SSSR count). The van der Waals surface area contributed by atoms with Crippen LogP contribution < -0.4 is 0 Å². The zero-order valence-corrected chi connectivity index (χ0v) is 9.65. The van der Waals surface area contributed by atoms with Gasteiger partial charge in [0, 0.05) is 16.7 Å². The number of hydrogen-bond acceptors (Lipinski definition) is 0. The van der Waals surface area contributed by atoms with Crippen molar-refractivity contribution in [2.45, 2.75) is 27.2 Å². The van der Waals surface area contributed by atoms with Crippen LogP contribution in [-0.2, 0) is 6.42 Å². The largest absolute Gasteiger partial charge is 0.361 e. The van der Waals surface area contributed by atoms with Crippen molar-refractivity contribution < 1.29 is 0 Å². The minimum atomic E-state index is 0.854. The van der Waals surface area contributed by atoms with Crippen LogP contribution in [0.4, 0.5) is 0 Å². The van der Waals surface area contributed by atoms with E-state index in [1.165, 1.54) is 10.9 Å². The number of hydrogen-bond donors (Lipinski definition) is 1. The molecule has 0 spiro atoms. The summed E-state index contributed by atoms with van der Waals surface area (Å²) in [5.74, 6) is 0. The van der Waals surface area contributed by atoms with E-state index in [-0.39, 0.29) is 0 Å². The number of nitrogens with one attached hydrogen (secondary N) is 1. The Labute approximate surface area is 90.1 Å². The van der Waals surface area contributed by atoms with Crippen molar-refractivity contribution >= 4 is 22.5 Å². The predicted octanol–water partition coefficient (Wildman–Crippen LogP) is 4.41. The Balaban J connectivity index is 0.000000461. The van der Waals surface area contributed by atoms with Crippen molar-refractivity contribution in [1.82, 2.24) is 4.98 Å². The summed E-state index contributed by atoms with van der Waals surface area (Å²) in [6, 6.07) is 6.18. The quantitative estimate of drug-likeness (QED) is 0.716. The van der Waals surface area contributed by atoms with Crippen molar-refractivity contribution in [3.63, 3.8) is 0 Å². The highest BCUT2D eigenvalue weighted by Gasteiger charge is 2.00. The average Bonchev–Trinajstić information content (AvgIpc) is 2.66. The van der Waals surface area contributed by atoms with Gasteiger partial charge in [0.2, 0.25) is 0 Å². The molecule has 0 atom stereocenters. The van der Waals surface area contributed by atoms with Crippen LogP contribution in [0.25, 0.3) is 10.9 Å². The lowest BCUT2D eigenvalue weighted by Gasteiger charge is -2.00. The van der Waals surface area contributed by atoms with Crippen molar-refractivity contribution in [3.8, 4) is 0 Å². The summed E-state index contributed by atoms with van der Waals surface area (Å²) in [6.45, 7) is 6.11. The maximum absolute atomic E-state index is 6.04. The Hall–Kier alpha value is -0.950. The SMILES string of the molecule is CC.CCc1cc2cc[nH]c2cc1Cl. The number of aromatic amines is 1. The molecule has 0 amide bonds. The van der Waals surface area contributed by atoms with Crippen LogP contribution in [-0.4, -0.2) is 4.98 Å². The van der Waals surface area contributed by atoms with Gasteiger partial charge in [0.25, 0.3) is 0 Å². The van der Waals surface area contributed by atoms with Gasteiger partial charge < -0.3 is 4.98 Å². The molecule has 0 saturated heterocycles. The number of aromatic nitrogens is 1. The summed E-state index contributed by atoms with van der Waals surface area (Å²) >= 11 is 6.04. The molecule has 0 unspecified atom stereocenters. The maximum atomic E-state index is 6.04. The standard InChI is InChI=1S/C10H10ClN.C2H6/c1-2-7-5-8-3-4-12-10(8)6-9(7)11;1-2/h3-6,12H,2H2,1H3;1-2H3. The molecule has 1 aromatic heterocycles. The molecule has 0 saturated carbocycles. The van der Waals surface area contributed by atoms with Crippen LogP contribution in [0.3, 0.4) is 0 Å². The van der Waals surface area contributed by atoms with Gasteiger partial charge in [-0.2, -0.15) is 0 Å². The van der Waals surface area contributed by atoms with Crippen molar-refractivity contribution in [2.75, 3.05) is 0 Å². The van der Waals surface area contributed by atoms with Crippen molar-refractivity contribution in [2.24, 2.45) is 0 Å². The molecule has 2 heteroatoms. The summed E-state index contributed by atoms with van der Waals surface area (Å²) in [7, 11) is 0. The minimum absolute atomic E-state index is 0.854. The normalized spacial score (nSPS) is 9.71. The Morgan fingerprint density at radius 2 is 2.00 bits per heavy atom. The average molecular weight is 210 g/mol. The second kappa shape index (κ2) is 5.06. The van der Waals surface area contributed by atoms with E-state index in [4.69, 9.17) is 11.6 Å². The highest BCUT2D eigenvalue weighted by Crippen LogP contribution is 2.23. The van der Waals surface area contributed by atoms with Crippen LogP contribution in [0.5, 0.6) is 0 Å². The Kier molecular flexibility index (Phi) is 4.02. The molecule has 0 radical (unpaired) electrons. The van der Waals surface area contributed by atoms with Gasteiger partial charge in [0.05, 0.1) is 0 Å². The van der Waals surface area contributed by atoms with Gasteiger partial charge in [-0.15, -0.1) is 0 Å². The maximum Gasteiger partial charge on any atom is 0.0469 e. The van der Waals surface area contributed by atoms with E-state index in [0.717, 1.165) is 17.0 Å².